The smallest absolute Gasteiger partial charge is 0.126 e. The Hall–Kier alpha value is -0.850. The average Bonchev–Trinajstić information content (AvgIpc) is 3.05. The molecular weight excluding hydrogens is 364 g/mol. The number of allylic oxidation sites excluding steroid dienone is 4. The number of rotatable bonds is 5. The number of carbonyl (C=O) groups is 1. The lowest BCUT2D eigenvalue weighted by atomic mass is 9.46. The summed E-state index contributed by atoms with van der Waals surface area (Å²) >= 11 is 0. The molecule has 0 aromatic rings. The second-order valence-electron chi connectivity index (χ2n) is 12.6. The van der Waals surface area contributed by atoms with E-state index in [1.807, 2.05) is 11.1 Å². The van der Waals surface area contributed by atoms with Gasteiger partial charge < -0.3 is 4.79 Å². The Kier molecular flexibility index (Phi) is 5.91. The third kappa shape index (κ3) is 3.38. The van der Waals surface area contributed by atoms with Crippen LogP contribution in [0, 0.1) is 39.9 Å². The van der Waals surface area contributed by atoms with Crippen LogP contribution >= 0.6 is 0 Å². The van der Waals surface area contributed by atoms with E-state index >= 15 is 0 Å². The quantitative estimate of drug-likeness (QED) is 0.329. The number of carbonyl (C=O) groups excluding carboxylic acids is 1. The summed E-state index contributed by atoms with van der Waals surface area (Å²) in [6.07, 6.45) is 18.1. The van der Waals surface area contributed by atoms with Crippen LogP contribution in [0.15, 0.2) is 22.8 Å². The first-order valence-corrected chi connectivity index (χ1v) is 13.0. The molecular formula is C29H46O. The third-order valence-electron chi connectivity index (χ3n) is 10.6. The van der Waals surface area contributed by atoms with Crippen molar-refractivity contribution in [2.45, 2.75) is 112 Å². The van der Waals surface area contributed by atoms with Crippen LogP contribution in [0.2, 0.25) is 0 Å². The van der Waals surface area contributed by atoms with Gasteiger partial charge in [0.25, 0.3) is 0 Å². The first kappa shape index (κ1) is 22.3. The Balaban J connectivity index is 1.59. The first-order valence-electron chi connectivity index (χ1n) is 13.0. The maximum atomic E-state index is 12.1. The molecule has 2 fully saturated rings. The fraction of sp³-hybridized carbons (Fsp3) is 0.828. The molecule has 0 aromatic heterocycles. The van der Waals surface area contributed by atoms with E-state index in [4.69, 9.17) is 0 Å². The van der Waals surface area contributed by atoms with Crippen LogP contribution in [-0.4, -0.2) is 6.29 Å². The van der Waals surface area contributed by atoms with Gasteiger partial charge in [-0.25, -0.2) is 0 Å². The Morgan fingerprint density at radius 1 is 1.07 bits per heavy atom. The molecule has 0 unspecified atom stereocenters. The molecule has 0 N–H and O–H groups in total. The predicted octanol–water partition coefficient (Wildman–Crippen LogP) is 8.30. The molecule has 4 aliphatic rings. The van der Waals surface area contributed by atoms with Crippen LogP contribution in [0.1, 0.15) is 112 Å². The van der Waals surface area contributed by atoms with Gasteiger partial charge in [-0.15, -0.1) is 0 Å². The van der Waals surface area contributed by atoms with Crippen LogP contribution in [0.5, 0.6) is 0 Å². The molecule has 1 heteroatoms. The molecule has 0 bridgehead atoms. The van der Waals surface area contributed by atoms with Crippen molar-refractivity contribution < 1.29 is 4.79 Å². The maximum Gasteiger partial charge on any atom is 0.126 e. The highest BCUT2D eigenvalue weighted by molar-refractivity contribution is 5.60. The van der Waals surface area contributed by atoms with Crippen LogP contribution in [0.25, 0.3) is 0 Å². The van der Waals surface area contributed by atoms with E-state index in [9.17, 15) is 4.79 Å². The molecule has 168 valence electrons. The number of fused-ring (bicyclic) bond motifs is 4. The molecule has 0 heterocycles. The van der Waals surface area contributed by atoms with Crippen LogP contribution in [-0.2, 0) is 4.79 Å². The number of aldehydes is 1. The van der Waals surface area contributed by atoms with E-state index in [0.29, 0.717) is 11.3 Å². The van der Waals surface area contributed by atoms with Crippen molar-refractivity contribution in [3.8, 4) is 0 Å². The van der Waals surface area contributed by atoms with Gasteiger partial charge >= 0.3 is 0 Å². The zero-order chi connectivity index (χ0) is 21.7. The van der Waals surface area contributed by atoms with Gasteiger partial charge in [-0.3, -0.25) is 0 Å². The predicted molar refractivity (Wildman–Crippen MR) is 127 cm³/mol. The highest BCUT2D eigenvalue weighted by Gasteiger charge is 2.58. The fourth-order valence-corrected chi connectivity index (χ4v) is 9.07. The van der Waals surface area contributed by atoms with Crippen LogP contribution in [0.3, 0.4) is 0 Å². The second-order valence-corrected chi connectivity index (χ2v) is 12.6. The SMILES string of the molecule is CC(C)=CCC[C@@H](C)[C@H]1CC[C@H]2C3=C(CC[C@]12C)[C@@]1(C)CCC[C@@](C)(C=O)[C@@H]1CC3. The van der Waals surface area contributed by atoms with Gasteiger partial charge in [0.2, 0.25) is 0 Å². The summed E-state index contributed by atoms with van der Waals surface area (Å²) < 4.78 is 0. The van der Waals surface area contributed by atoms with E-state index in [-0.39, 0.29) is 10.8 Å². The van der Waals surface area contributed by atoms with Crippen molar-refractivity contribution in [1.82, 2.24) is 0 Å². The Bertz CT molecular complexity index is 739. The Morgan fingerprint density at radius 3 is 2.53 bits per heavy atom. The van der Waals surface area contributed by atoms with Crippen molar-refractivity contribution in [2.75, 3.05) is 0 Å². The normalized spacial score (nSPS) is 44.0. The number of hydrogen-bond acceptors (Lipinski definition) is 1. The van der Waals surface area contributed by atoms with Gasteiger partial charge in [-0.1, -0.05) is 56.9 Å². The molecule has 30 heavy (non-hydrogen) atoms. The lowest BCUT2D eigenvalue weighted by Crippen LogP contribution is -2.50. The van der Waals surface area contributed by atoms with Gasteiger partial charge in [0, 0.05) is 5.41 Å². The summed E-state index contributed by atoms with van der Waals surface area (Å²) in [4.78, 5) is 12.1. The molecule has 0 aromatic carbocycles. The summed E-state index contributed by atoms with van der Waals surface area (Å²) in [6, 6.07) is 0. The average molecular weight is 411 g/mol. The molecule has 0 saturated heterocycles. The van der Waals surface area contributed by atoms with Gasteiger partial charge in [-0.2, -0.15) is 0 Å². The summed E-state index contributed by atoms with van der Waals surface area (Å²) in [5.74, 6) is 3.11. The van der Waals surface area contributed by atoms with Gasteiger partial charge in [0.15, 0.2) is 0 Å². The summed E-state index contributed by atoms with van der Waals surface area (Å²) in [7, 11) is 0. The minimum atomic E-state index is -0.0933. The van der Waals surface area contributed by atoms with Crippen molar-refractivity contribution in [2.24, 2.45) is 39.9 Å². The van der Waals surface area contributed by atoms with E-state index in [0.717, 1.165) is 24.2 Å². The molecule has 4 aliphatic carbocycles. The van der Waals surface area contributed by atoms with Crippen molar-refractivity contribution in [1.29, 1.82) is 0 Å². The lowest BCUT2D eigenvalue weighted by molar-refractivity contribution is -0.125. The minimum absolute atomic E-state index is 0.0933. The van der Waals surface area contributed by atoms with Crippen LogP contribution < -0.4 is 0 Å². The maximum absolute atomic E-state index is 12.1. The van der Waals surface area contributed by atoms with Gasteiger partial charge in [0.1, 0.15) is 6.29 Å². The molecule has 0 radical (unpaired) electrons. The molecule has 4 rings (SSSR count). The Labute approximate surface area is 186 Å². The monoisotopic (exact) mass is 410 g/mol. The summed E-state index contributed by atoms with van der Waals surface area (Å²) in [6.45, 7) is 14.5. The molecule has 2 saturated carbocycles. The molecule has 7 atom stereocenters. The van der Waals surface area contributed by atoms with Crippen LogP contribution in [0.4, 0.5) is 0 Å². The first-order chi connectivity index (χ1) is 14.2. The zero-order valence-corrected chi connectivity index (χ0v) is 20.7. The topological polar surface area (TPSA) is 17.1 Å². The van der Waals surface area contributed by atoms with Crippen molar-refractivity contribution >= 4 is 6.29 Å². The van der Waals surface area contributed by atoms with E-state index in [2.05, 4.69) is 47.6 Å². The molecule has 1 nitrogen and oxygen atoms in total. The minimum Gasteiger partial charge on any atom is -0.303 e. The summed E-state index contributed by atoms with van der Waals surface area (Å²) in [5.41, 5.74) is 5.86. The second kappa shape index (κ2) is 7.93. The zero-order valence-electron chi connectivity index (χ0n) is 20.7. The van der Waals surface area contributed by atoms with Gasteiger partial charge in [0.05, 0.1) is 0 Å². The van der Waals surface area contributed by atoms with E-state index in [1.165, 1.54) is 76.1 Å². The molecule has 0 spiro atoms. The molecule has 0 amide bonds. The van der Waals surface area contributed by atoms with E-state index in [1.54, 1.807) is 0 Å². The fourth-order valence-electron chi connectivity index (χ4n) is 9.07. The summed E-state index contributed by atoms with van der Waals surface area (Å²) in [5, 5.41) is 0. The molecule has 0 aliphatic heterocycles. The third-order valence-corrected chi connectivity index (χ3v) is 10.6. The van der Waals surface area contributed by atoms with Crippen molar-refractivity contribution in [3.05, 3.63) is 22.8 Å². The largest absolute Gasteiger partial charge is 0.303 e. The van der Waals surface area contributed by atoms with E-state index < -0.39 is 0 Å². The van der Waals surface area contributed by atoms with Crippen molar-refractivity contribution in [3.63, 3.8) is 0 Å². The highest BCUT2D eigenvalue weighted by Crippen LogP contribution is 2.67. The number of hydrogen-bond donors (Lipinski definition) is 0. The van der Waals surface area contributed by atoms with Gasteiger partial charge in [-0.05, 0) is 113 Å². The lowest BCUT2D eigenvalue weighted by Gasteiger charge is -2.58. The highest BCUT2D eigenvalue weighted by atomic mass is 16.1. The Morgan fingerprint density at radius 2 is 1.83 bits per heavy atom. The standard InChI is InChI=1S/C29H46O/c1-20(2)9-7-10-21(3)23-12-13-24-22-11-14-26-27(4,19-30)16-8-17-29(26,6)25(22)15-18-28(23,24)5/h9,19,21,23-24,26H,7-8,10-18H2,1-6H3/t21-,23-,24+,26+,27+,28-,29-/m1/s1.